The van der Waals surface area contributed by atoms with Gasteiger partial charge in [-0.1, -0.05) is 76.9 Å². The monoisotopic (exact) mass is 327 g/mol. The molecule has 0 atom stereocenters. The maximum Gasteiger partial charge on any atom is 0.0589 e. The summed E-state index contributed by atoms with van der Waals surface area (Å²) in [5.74, 6) is 0. The first-order valence-electron chi connectivity index (χ1n) is 9.35. The van der Waals surface area contributed by atoms with E-state index in [2.05, 4.69) is 51.4 Å². The van der Waals surface area contributed by atoms with Crippen molar-refractivity contribution in [3.05, 3.63) is 35.4 Å². The molecule has 0 N–H and O–H groups in total. The van der Waals surface area contributed by atoms with Crippen molar-refractivity contribution in [3.8, 4) is 0 Å². The SMILES string of the molecule is CC.CC.CC.C[P+]1(C)CCCCC1.Cc1ccc(C)cc1. The Morgan fingerprint density at radius 3 is 1.05 bits per heavy atom. The molecular formula is C21H44P+. The lowest BCUT2D eigenvalue weighted by Gasteiger charge is -2.21. The summed E-state index contributed by atoms with van der Waals surface area (Å²) in [5.41, 5.74) is 2.66. The van der Waals surface area contributed by atoms with Crippen LogP contribution in [0.15, 0.2) is 24.3 Å². The Balaban J connectivity index is -0.000000246. The summed E-state index contributed by atoms with van der Waals surface area (Å²) < 4.78 is 0. The molecule has 0 saturated carbocycles. The summed E-state index contributed by atoms with van der Waals surface area (Å²) >= 11 is 0. The molecule has 0 spiro atoms. The molecule has 2 rings (SSSR count). The van der Waals surface area contributed by atoms with E-state index >= 15 is 0 Å². The number of hydrogen-bond acceptors (Lipinski definition) is 0. The van der Waals surface area contributed by atoms with E-state index in [0.29, 0.717) is 0 Å². The highest BCUT2D eigenvalue weighted by atomic mass is 31.2. The molecule has 0 amide bonds. The normalized spacial score (nSPS) is 14.3. The van der Waals surface area contributed by atoms with Gasteiger partial charge in [0.15, 0.2) is 0 Å². The van der Waals surface area contributed by atoms with E-state index < -0.39 is 0 Å². The number of aryl methyl sites for hydroxylation is 2. The molecule has 0 nitrogen and oxygen atoms in total. The Morgan fingerprint density at radius 1 is 0.591 bits per heavy atom. The molecule has 0 aromatic heterocycles. The Bertz CT molecular complexity index is 269. The molecule has 1 fully saturated rings. The van der Waals surface area contributed by atoms with Gasteiger partial charge in [-0.2, -0.15) is 0 Å². The minimum Gasteiger partial charge on any atom is -0.0683 e. The molecule has 22 heavy (non-hydrogen) atoms. The lowest BCUT2D eigenvalue weighted by Crippen LogP contribution is -2.06. The highest BCUT2D eigenvalue weighted by molar-refractivity contribution is 7.74. The van der Waals surface area contributed by atoms with Crippen LogP contribution >= 0.6 is 7.26 Å². The third-order valence-electron chi connectivity index (χ3n) is 3.25. The summed E-state index contributed by atoms with van der Waals surface area (Å²) in [7, 11) is -0.337. The summed E-state index contributed by atoms with van der Waals surface area (Å²) in [6.45, 7) is 21.2. The third-order valence-corrected chi connectivity index (χ3v) is 6.30. The molecule has 1 aliphatic heterocycles. The maximum atomic E-state index is 2.49. The molecule has 0 unspecified atom stereocenters. The van der Waals surface area contributed by atoms with Gasteiger partial charge in [-0.15, -0.1) is 0 Å². The van der Waals surface area contributed by atoms with Gasteiger partial charge in [-0.3, -0.25) is 0 Å². The van der Waals surface area contributed by atoms with Gasteiger partial charge in [0.25, 0.3) is 0 Å². The van der Waals surface area contributed by atoms with Crippen molar-refractivity contribution in [1.82, 2.24) is 0 Å². The summed E-state index contributed by atoms with van der Waals surface area (Å²) in [6.07, 6.45) is 7.66. The van der Waals surface area contributed by atoms with Gasteiger partial charge in [0.05, 0.1) is 12.3 Å². The predicted molar refractivity (Wildman–Crippen MR) is 112 cm³/mol. The minimum absolute atomic E-state index is 0.337. The second kappa shape index (κ2) is 18.7. The Labute approximate surface area is 143 Å². The molecule has 0 aliphatic carbocycles. The van der Waals surface area contributed by atoms with Crippen LogP contribution in [-0.4, -0.2) is 25.7 Å². The topological polar surface area (TPSA) is 0 Å². The van der Waals surface area contributed by atoms with Crippen molar-refractivity contribution in [2.24, 2.45) is 0 Å². The zero-order valence-corrected chi connectivity index (χ0v) is 18.2. The Hall–Kier alpha value is -0.350. The van der Waals surface area contributed by atoms with Gasteiger partial charge < -0.3 is 0 Å². The van der Waals surface area contributed by atoms with Crippen molar-refractivity contribution in [2.45, 2.75) is 74.7 Å². The standard InChI is InChI=1S/C8H10.C7H16P.3C2H6/c1-7-3-5-8(2)6-4-7;1-8(2)6-4-3-5-7-8;3*1-2/h3-6H,1-2H3;3-7H2,1-2H3;3*1-2H3/q;+1;;;. The van der Waals surface area contributed by atoms with Crippen molar-refractivity contribution in [1.29, 1.82) is 0 Å². The highest BCUT2D eigenvalue weighted by Crippen LogP contribution is 2.54. The van der Waals surface area contributed by atoms with Crippen LogP contribution in [0.25, 0.3) is 0 Å². The van der Waals surface area contributed by atoms with Crippen LogP contribution in [0.2, 0.25) is 0 Å². The first-order valence-corrected chi connectivity index (χ1v) is 12.4. The van der Waals surface area contributed by atoms with E-state index in [4.69, 9.17) is 0 Å². The average Bonchev–Trinajstić information content (AvgIpc) is 2.56. The van der Waals surface area contributed by atoms with Crippen molar-refractivity contribution < 1.29 is 0 Å². The van der Waals surface area contributed by atoms with Crippen LogP contribution in [0.4, 0.5) is 0 Å². The van der Waals surface area contributed by atoms with E-state index in [0.717, 1.165) is 0 Å². The second-order valence-electron chi connectivity index (χ2n) is 5.60. The fourth-order valence-electron chi connectivity index (χ4n) is 2.01. The van der Waals surface area contributed by atoms with E-state index in [1.807, 2.05) is 41.5 Å². The van der Waals surface area contributed by atoms with Crippen molar-refractivity contribution in [2.75, 3.05) is 25.7 Å². The van der Waals surface area contributed by atoms with Crippen LogP contribution in [0.3, 0.4) is 0 Å². The van der Waals surface area contributed by atoms with Crippen LogP contribution in [0, 0.1) is 13.8 Å². The Kier molecular flexibility index (Phi) is 22.6. The van der Waals surface area contributed by atoms with E-state index in [-0.39, 0.29) is 7.26 Å². The Morgan fingerprint density at radius 2 is 0.864 bits per heavy atom. The largest absolute Gasteiger partial charge is 0.0683 e. The maximum absolute atomic E-state index is 2.49. The van der Waals surface area contributed by atoms with Crippen LogP contribution in [0.5, 0.6) is 0 Å². The first kappa shape index (κ1) is 26.5. The smallest absolute Gasteiger partial charge is 0.0589 e. The van der Waals surface area contributed by atoms with Gasteiger partial charge in [-0.05, 0) is 33.1 Å². The number of benzene rings is 1. The molecular weight excluding hydrogens is 283 g/mol. The molecule has 0 bridgehead atoms. The zero-order valence-electron chi connectivity index (χ0n) is 17.3. The lowest BCUT2D eigenvalue weighted by molar-refractivity contribution is 0.748. The van der Waals surface area contributed by atoms with E-state index in [1.165, 1.54) is 30.4 Å². The fraction of sp³-hybridized carbons (Fsp3) is 0.714. The summed E-state index contributed by atoms with van der Waals surface area (Å²) in [5, 5.41) is 0. The molecule has 1 heterocycles. The van der Waals surface area contributed by atoms with Gasteiger partial charge in [0.1, 0.15) is 0 Å². The molecule has 0 radical (unpaired) electrons. The van der Waals surface area contributed by atoms with Gasteiger partial charge in [0.2, 0.25) is 0 Å². The fourth-order valence-corrected chi connectivity index (χ4v) is 4.39. The molecule has 1 aromatic carbocycles. The van der Waals surface area contributed by atoms with Crippen LogP contribution in [-0.2, 0) is 0 Å². The van der Waals surface area contributed by atoms with E-state index in [9.17, 15) is 0 Å². The van der Waals surface area contributed by atoms with Crippen molar-refractivity contribution in [3.63, 3.8) is 0 Å². The van der Waals surface area contributed by atoms with Gasteiger partial charge >= 0.3 is 0 Å². The average molecular weight is 328 g/mol. The third kappa shape index (κ3) is 17.7. The first-order chi connectivity index (χ1) is 10.5. The number of hydrogen-bond donors (Lipinski definition) is 0. The molecule has 1 aliphatic rings. The quantitative estimate of drug-likeness (QED) is 0.426. The minimum atomic E-state index is -0.337. The molecule has 132 valence electrons. The van der Waals surface area contributed by atoms with Crippen molar-refractivity contribution >= 4 is 7.26 Å². The van der Waals surface area contributed by atoms with Crippen LogP contribution < -0.4 is 0 Å². The van der Waals surface area contributed by atoms with Gasteiger partial charge in [-0.25, -0.2) is 0 Å². The molecule has 1 saturated heterocycles. The predicted octanol–water partition coefficient (Wildman–Crippen LogP) is 7.83. The van der Waals surface area contributed by atoms with Gasteiger partial charge in [0, 0.05) is 20.6 Å². The number of rotatable bonds is 0. The lowest BCUT2D eigenvalue weighted by atomic mass is 10.2. The zero-order chi connectivity index (χ0) is 18.0. The van der Waals surface area contributed by atoms with E-state index in [1.54, 1.807) is 12.3 Å². The highest BCUT2D eigenvalue weighted by Gasteiger charge is 2.26. The summed E-state index contributed by atoms with van der Waals surface area (Å²) in [6, 6.07) is 8.48. The van der Waals surface area contributed by atoms with Crippen LogP contribution in [0.1, 0.15) is 71.9 Å². The second-order valence-corrected chi connectivity index (χ2v) is 10.4. The molecule has 1 aromatic rings. The molecule has 1 heteroatoms. The summed E-state index contributed by atoms with van der Waals surface area (Å²) in [4.78, 5) is 0.